The number of fused-ring (bicyclic) bond motifs is 2. The Kier molecular flexibility index (Phi) is 9.65. The zero-order valence-corrected chi connectivity index (χ0v) is 25.8. The minimum Gasteiger partial charge on any atom is -0.508 e. The number of aromatic nitrogens is 3. The first kappa shape index (κ1) is 31.8. The number of nitrogens with one attached hydrogen (secondary N) is 2. The van der Waals surface area contributed by atoms with Crippen LogP contribution in [0.25, 0.3) is 22.2 Å². The lowest BCUT2D eigenvalue weighted by atomic mass is 9.93. The van der Waals surface area contributed by atoms with Crippen LogP contribution in [0, 0.1) is 12.7 Å². The number of hydrogen-bond donors (Lipinski definition) is 4. The third-order valence-electron chi connectivity index (χ3n) is 9.61. The van der Waals surface area contributed by atoms with Crippen LogP contribution in [0.5, 0.6) is 11.8 Å². The maximum Gasteiger partial charge on any atom is 0.297 e. The fourth-order valence-electron chi connectivity index (χ4n) is 7.29. The van der Waals surface area contributed by atoms with Crippen LogP contribution in [-0.4, -0.2) is 93.4 Å². The molecule has 12 heteroatoms. The summed E-state index contributed by atoms with van der Waals surface area (Å²) in [5.41, 5.74) is 0.936. The van der Waals surface area contributed by atoms with Crippen LogP contribution in [-0.2, 0) is 11.2 Å². The molecule has 0 spiro atoms. The molecule has 0 amide bonds. The second-order valence-electron chi connectivity index (χ2n) is 12.9. The van der Waals surface area contributed by atoms with Crippen molar-refractivity contribution in [1.82, 2.24) is 25.2 Å². The SMILES string of the molecule is Cc1cc(O)cc(-c2ncc3c(=O)[nH]c(OC[C@@]45CCCN4C[C@H](F)C5)nc3c2F)c1CCCCCO[C@@H]1CNCC[C@H](O)C1. The standard InChI is InChI=1S/C33H43F2N5O5/c1-20-12-23(42)14-26(25(20)6-3-2-4-11-44-24-13-22(41)7-9-36-16-24)29-28(35)30-27(17-37-29)31(43)39-32(38-30)45-19-33-8-5-10-40(33)18-21(34)15-33/h12,14,17,21-22,24,36,41-42H,2-11,13,15-16,18-19H2,1H3,(H,38,39,43)/t21-,22+,24+,33+/m1/s1. The highest BCUT2D eigenvalue weighted by molar-refractivity contribution is 5.83. The van der Waals surface area contributed by atoms with Crippen LogP contribution >= 0.6 is 0 Å². The van der Waals surface area contributed by atoms with Crippen LogP contribution in [0.2, 0.25) is 0 Å². The molecule has 0 unspecified atom stereocenters. The van der Waals surface area contributed by atoms with E-state index in [1.807, 2.05) is 6.92 Å². The number of aliphatic hydroxyl groups is 1. The number of phenols is 1. The zero-order valence-electron chi connectivity index (χ0n) is 25.8. The number of halogens is 2. The molecule has 0 saturated carbocycles. The molecule has 244 valence electrons. The molecular formula is C33H43F2N5O5. The minimum absolute atomic E-state index is 0.0000644. The van der Waals surface area contributed by atoms with Crippen LogP contribution in [0.1, 0.15) is 62.5 Å². The van der Waals surface area contributed by atoms with E-state index < -0.39 is 23.1 Å². The first-order chi connectivity index (χ1) is 21.7. The zero-order chi connectivity index (χ0) is 31.6. The van der Waals surface area contributed by atoms with Crippen LogP contribution in [0.4, 0.5) is 8.78 Å². The van der Waals surface area contributed by atoms with Gasteiger partial charge in [-0.05, 0) is 81.8 Å². The summed E-state index contributed by atoms with van der Waals surface area (Å²) in [6.45, 7) is 5.34. The number of hydrogen-bond acceptors (Lipinski definition) is 9. The van der Waals surface area contributed by atoms with Crippen molar-refractivity contribution in [3.8, 4) is 23.0 Å². The molecule has 2 aromatic heterocycles. The van der Waals surface area contributed by atoms with Crippen molar-refractivity contribution in [2.24, 2.45) is 0 Å². The summed E-state index contributed by atoms with van der Waals surface area (Å²) in [6.07, 6.45) is 6.72. The third-order valence-corrected chi connectivity index (χ3v) is 9.61. The second-order valence-corrected chi connectivity index (χ2v) is 12.9. The van der Waals surface area contributed by atoms with E-state index in [0.717, 1.165) is 69.3 Å². The van der Waals surface area contributed by atoms with Gasteiger partial charge in [0, 0.05) is 44.3 Å². The van der Waals surface area contributed by atoms with Gasteiger partial charge < -0.3 is 25.0 Å². The van der Waals surface area contributed by atoms with Crippen molar-refractivity contribution < 1.29 is 28.5 Å². The topological polar surface area (TPSA) is 133 Å². The number of alkyl halides is 1. The molecule has 3 fully saturated rings. The number of aryl methyl sites for hydroxylation is 1. The Morgan fingerprint density at radius 1 is 1.24 bits per heavy atom. The molecule has 0 bridgehead atoms. The summed E-state index contributed by atoms with van der Waals surface area (Å²) >= 11 is 0. The summed E-state index contributed by atoms with van der Waals surface area (Å²) in [7, 11) is 0. The number of aliphatic hydroxyl groups excluding tert-OH is 1. The quantitative estimate of drug-likeness (QED) is 0.234. The number of aromatic amines is 1. The lowest BCUT2D eigenvalue weighted by Crippen LogP contribution is -2.43. The van der Waals surface area contributed by atoms with Gasteiger partial charge in [0.1, 0.15) is 29.7 Å². The van der Waals surface area contributed by atoms with Crippen molar-refractivity contribution in [3.05, 3.63) is 45.6 Å². The predicted molar refractivity (Wildman–Crippen MR) is 166 cm³/mol. The minimum atomic E-state index is -0.921. The number of rotatable bonds is 11. The van der Waals surface area contributed by atoms with E-state index in [-0.39, 0.29) is 47.2 Å². The number of aromatic hydroxyl groups is 1. The van der Waals surface area contributed by atoms with E-state index in [4.69, 9.17) is 9.47 Å². The summed E-state index contributed by atoms with van der Waals surface area (Å²) in [5, 5.41) is 23.7. The van der Waals surface area contributed by atoms with Crippen molar-refractivity contribution >= 4 is 10.9 Å². The average molecular weight is 628 g/mol. The maximum atomic E-state index is 16.2. The number of ether oxygens (including phenoxy) is 2. The normalized spacial score (nSPS) is 25.5. The van der Waals surface area contributed by atoms with E-state index in [2.05, 4.69) is 25.2 Å². The Bertz CT molecular complexity index is 1570. The summed E-state index contributed by atoms with van der Waals surface area (Å²) < 4.78 is 42.3. The molecule has 3 aliphatic rings. The van der Waals surface area contributed by atoms with Gasteiger partial charge in [-0.1, -0.05) is 6.42 Å². The molecule has 0 radical (unpaired) electrons. The van der Waals surface area contributed by atoms with Crippen molar-refractivity contribution in [2.75, 3.05) is 39.4 Å². The molecule has 5 heterocycles. The first-order valence-electron chi connectivity index (χ1n) is 16.2. The van der Waals surface area contributed by atoms with E-state index in [9.17, 15) is 19.4 Å². The van der Waals surface area contributed by atoms with Crippen molar-refractivity contribution in [2.45, 2.75) is 88.6 Å². The van der Waals surface area contributed by atoms with Gasteiger partial charge in [-0.25, -0.2) is 8.78 Å². The van der Waals surface area contributed by atoms with Gasteiger partial charge in [0.2, 0.25) is 0 Å². The molecule has 6 rings (SSSR count). The Hall–Kier alpha value is -3.19. The number of benzene rings is 1. The molecule has 4 N–H and O–H groups in total. The number of pyridine rings is 1. The van der Waals surface area contributed by atoms with Gasteiger partial charge in [-0.2, -0.15) is 4.98 Å². The monoisotopic (exact) mass is 627 g/mol. The fraction of sp³-hybridized carbons (Fsp3) is 0.606. The molecule has 10 nitrogen and oxygen atoms in total. The summed E-state index contributed by atoms with van der Waals surface area (Å²) in [6, 6.07) is 3.03. The Morgan fingerprint density at radius 2 is 2.11 bits per heavy atom. The molecule has 45 heavy (non-hydrogen) atoms. The number of unbranched alkanes of at least 4 members (excludes halogenated alkanes) is 2. The number of phenolic OH excluding ortho intramolecular Hbond substituents is 1. The van der Waals surface area contributed by atoms with Crippen molar-refractivity contribution in [1.29, 1.82) is 0 Å². The molecule has 0 aliphatic carbocycles. The second kappa shape index (κ2) is 13.7. The molecule has 1 aromatic carbocycles. The number of H-pyrrole nitrogens is 1. The van der Waals surface area contributed by atoms with E-state index in [1.165, 1.54) is 12.3 Å². The van der Waals surface area contributed by atoms with Crippen LogP contribution < -0.4 is 15.6 Å². The average Bonchev–Trinajstić information content (AvgIpc) is 3.43. The van der Waals surface area contributed by atoms with Crippen LogP contribution in [0.3, 0.4) is 0 Å². The molecular weight excluding hydrogens is 584 g/mol. The highest BCUT2D eigenvalue weighted by Gasteiger charge is 2.49. The lowest BCUT2D eigenvalue weighted by Gasteiger charge is -2.30. The van der Waals surface area contributed by atoms with Gasteiger partial charge in [-0.15, -0.1) is 0 Å². The summed E-state index contributed by atoms with van der Waals surface area (Å²) in [4.78, 5) is 26.2. The highest BCUT2D eigenvalue weighted by Crippen LogP contribution is 2.40. The molecule has 3 aromatic rings. The molecule has 3 aliphatic heterocycles. The number of nitrogens with zero attached hydrogens (tertiary/aromatic N) is 3. The van der Waals surface area contributed by atoms with E-state index in [0.29, 0.717) is 38.0 Å². The van der Waals surface area contributed by atoms with Gasteiger partial charge in [0.05, 0.1) is 23.1 Å². The Morgan fingerprint density at radius 3 is 2.98 bits per heavy atom. The van der Waals surface area contributed by atoms with E-state index in [1.54, 1.807) is 6.07 Å². The van der Waals surface area contributed by atoms with Gasteiger partial charge in [0.15, 0.2) is 5.82 Å². The lowest BCUT2D eigenvalue weighted by molar-refractivity contribution is 0.0208. The molecule has 3 saturated heterocycles. The largest absolute Gasteiger partial charge is 0.508 e. The third kappa shape index (κ3) is 6.98. The van der Waals surface area contributed by atoms with Gasteiger partial charge in [-0.3, -0.25) is 19.7 Å². The maximum absolute atomic E-state index is 16.2. The Labute approximate surface area is 261 Å². The fourth-order valence-corrected chi connectivity index (χ4v) is 7.29. The molecule has 4 atom stereocenters. The van der Waals surface area contributed by atoms with Gasteiger partial charge >= 0.3 is 0 Å². The van der Waals surface area contributed by atoms with E-state index >= 15 is 4.39 Å². The Balaban J connectivity index is 1.16. The van der Waals surface area contributed by atoms with Crippen molar-refractivity contribution in [3.63, 3.8) is 0 Å². The van der Waals surface area contributed by atoms with Gasteiger partial charge in [0.25, 0.3) is 11.6 Å². The first-order valence-corrected chi connectivity index (χ1v) is 16.2. The smallest absolute Gasteiger partial charge is 0.297 e. The predicted octanol–water partition coefficient (Wildman–Crippen LogP) is 3.94. The highest BCUT2D eigenvalue weighted by atomic mass is 19.1. The van der Waals surface area contributed by atoms with Crippen LogP contribution in [0.15, 0.2) is 23.1 Å². The summed E-state index contributed by atoms with van der Waals surface area (Å²) in [5.74, 6) is -0.779.